The number of hydrogen-bond acceptors (Lipinski definition) is 3. The SMILES string of the molecule is O=C=Nc1ccc(OC2CCCCC2)c(F)c1. The number of rotatable bonds is 3. The van der Waals surface area contributed by atoms with Gasteiger partial charge in [-0.2, -0.15) is 4.99 Å². The standard InChI is InChI=1S/C13H14FNO2/c14-12-8-10(15-9-16)6-7-13(12)17-11-4-2-1-3-5-11/h6-8,11H,1-5H2. The van der Waals surface area contributed by atoms with Crippen molar-refractivity contribution in [1.29, 1.82) is 0 Å². The van der Waals surface area contributed by atoms with Crippen molar-refractivity contribution in [2.75, 3.05) is 0 Å². The molecule has 4 heteroatoms. The molecule has 0 bridgehead atoms. The molecule has 90 valence electrons. The Labute approximate surface area is 99.3 Å². The van der Waals surface area contributed by atoms with E-state index >= 15 is 0 Å². The van der Waals surface area contributed by atoms with Gasteiger partial charge in [0.2, 0.25) is 6.08 Å². The van der Waals surface area contributed by atoms with Gasteiger partial charge in [0.15, 0.2) is 11.6 Å². The van der Waals surface area contributed by atoms with E-state index in [2.05, 4.69) is 4.99 Å². The molecule has 1 fully saturated rings. The van der Waals surface area contributed by atoms with Gasteiger partial charge in [-0.05, 0) is 37.8 Å². The fraction of sp³-hybridized carbons (Fsp3) is 0.462. The third-order valence-electron chi connectivity index (χ3n) is 2.94. The third kappa shape index (κ3) is 3.14. The van der Waals surface area contributed by atoms with Gasteiger partial charge in [-0.3, -0.25) is 0 Å². The van der Waals surface area contributed by atoms with Crippen molar-refractivity contribution < 1.29 is 13.9 Å². The van der Waals surface area contributed by atoms with Crippen LogP contribution in [0.4, 0.5) is 10.1 Å². The van der Waals surface area contributed by atoms with Crippen LogP contribution in [0.1, 0.15) is 32.1 Å². The molecule has 1 saturated carbocycles. The van der Waals surface area contributed by atoms with E-state index in [1.807, 2.05) is 0 Å². The van der Waals surface area contributed by atoms with Gasteiger partial charge in [0.25, 0.3) is 0 Å². The minimum Gasteiger partial charge on any atom is -0.487 e. The van der Waals surface area contributed by atoms with E-state index in [0.717, 1.165) is 25.7 Å². The Morgan fingerprint density at radius 3 is 2.71 bits per heavy atom. The molecule has 0 atom stereocenters. The zero-order valence-electron chi connectivity index (χ0n) is 9.49. The Bertz CT molecular complexity index is 435. The lowest BCUT2D eigenvalue weighted by molar-refractivity contribution is 0.149. The van der Waals surface area contributed by atoms with E-state index in [0.29, 0.717) is 0 Å². The first kappa shape index (κ1) is 11.8. The highest BCUT2D eigenvalue weighted by Gasteiger charge is 2.16. The van der Waals surface area contributed by atoms with Crippen LogP contribution < -0.4 is 4.74 Å². The summed E-state index contributed by atoms with van der Waals surface area (Å²) in [7, 11) is 0. The molecule has 0 spiro atoms. The number of carbonyl (C=O) groups excluding carboxylic acids is 1. The fourth-order valence-electron chi connectivity index (χ4n) is 2.07. The molecule has 0 amide bonds. The van der Waals surface area contributed by atoms with Crippen LogP contribution in [0.2, 0.25) is 0 Å². The zero-order valence-corrected chi connectivity index (χ0v) is 9.49. The normalized spacial score (nSPS) is 16.3. The summed E-state index contributed by atoms with van der Waals surface area (Å²) in [4.78, 5) is 13.4. The second-order valence-electron chi connectivity index (χ2n) is 4.20. The van der Waals surface area contributed by atoms with Crippen LogP contribution in [0.3, 0.4) is 0 Å². The molecule has 2 rings (SSSR count). The first-order valence-electron chi connectivity index (χ1n) is 5.83. The molecule has 0 saturated heterocycles. The van der Waals surface area contributed by atoms with Gasteiger partial charge in [-0.25, -0.2) is 9.18 Å². The van der Waals surface area contributed by atoms with Gasteiger partial charge >= 0.3 is 0 Å². The Morgan fingerprint density at radius 2 is 2.06 bits per heavy atom. The molecule has 0 unspecified atom stereocenters. The van der Waals surface area contributed by atoms with E-state index in [9.17, 15) is 9.18 Å². The lowest BCUT2D eigenvalue weighted by atomic mass is 9.98. The van der Waals surface area contributed by atoms with E-state index in [1.165, 1.54) is 24.6 Å². The van der Waals surface area contributed by atoms with E-state index in [1.54, 1.807) is 6.07 Å². The maximum atomic E-state index is 13.6. The predicted molar refractivity (Wildman–Crippen MR) is 61.7 cm³/mol. The van der Waals surface area contributed by atoms with Crippen LogP contribution >= 0.6 is 0 Å². The first-order valence-corrected chi connectivity index (χ1v) is 5.83. The molecule has 0 aromatic heterocycles. The number of hydrogen-bond donors (Lipinski definition) is 0. The van der Waals surface area contributed by atoms with E-state index < -0.39 is 5.82 Å². The molecule has 1 aliphatic rings. The number of isocyanates is 1. The molecule has 0 aliphatic heterocycles. The third-order valence-corrected chi connectivity index (χ3v) is 2.94. The summed E-state index contributed by atoms with van der Waals surface area (Å²) in [5, 5.41) is 0. The highest BCUT2D eigenvalue weighted by Crippen LogP contribution is 2.27. The van der Waals surface area contributed by atoms with Gasteiger partial charge in [0, 0.05) is 6.07 Å². The Kier molecular flexibility index (Phi) is 3.89. The monoisotopic (exact) mass is 235 g/mol. The second-order valence-corrected chi connectivity index (χ2v) is 4.20. The Balaban J connectivity index is 2.07. The van der Waals surface area contributed by atoms with Crippen LogP contribution in [0.25, 0.3) is 0 Å². The molecule has 0 N–H and O–H groups in total. The lowest BCUT2D eigenvalue weighted by Crippen LogP contribution is -2.20. The highest BCUT2D eigenvalue weighted by atomic mass is 19.1. The van der Waals surface area contributed by atoms with Crippen LogP contribution in [0.5, 0.6) is 5.75 Å². The summed E-state index contributed by atoms with van der Waals surface area (Å²) < 4.78 is 19.2. The smallest absolute Gasteiger partial charge is 0.240 e. The molecular formula is C13H14FNO2. The second kappa shape index (κ2) is 5.60. The van der Waals surface area contributed by atoms with Crippen molar-refractivity contribution in [3.63, 3.8) is 0 Å². The topological polar surface area (TPSA) is 38.7 Å². The highest BCUT2D eigenvalue weighted by molar-refractivity contribution is 5.50. The minimum atomic E-state index is -0.480. The molecule has 17 heavy (non-hydrogen) atoms. The molecular weight excluding hydrogens is 221 g/mol. The van der Waals surface area contributed by atoms with Gasteiger partial charge in [0.1, 0.15) is 0 Å². The summed E-state index contributed by atoms with van der Waals surface area (Å²) in [5.41, 5.74) is 0.258. The maximum Gasteiger partial charge on any atom is 0.240 e. The average molecular weight is 235 g/mol. The maximum absolute atomic E-state index is 13.6. The number of halogens is 1. The van der Waals surface area contributed by atoms with Crippen molar-refractivity contribution in [1.82, 2.24) is 0 Å². The number of aliphatic imine (C=N–C) groups is 1. The van der Waals surface area contributed by atoms with Gasteiger partial charge < -0.3 is 4.74 Å². The molecule has 0 radical (unpaired) electrons. The van der Waals surface area contributed by atoms with Crippen molar-refractivity contribution in [2.45, 2.75) is 38.2 Å². The van der Waals surface area contributed by atoms with Crippen molar-refractivity contribution in [3.05, 3.63) is 24.0 Å². The summed E-state index contributed by atoms with van der Waals surface area (Å²) in [6, 6.07) is 4.25. The Morgan fingerprint density at radius 1 is 1.29 bits per heavy atom. The summed E-state index contributed by atoms with van der Waals surface area (Å²) in [6.07, 6.45) is 6.96. The average Bonchev–Trinajstić information content (AvgIpc) is 2.34. The number of ether oxygens (including phenoxy) is 1. The quantitative estimate of drug-likeness (QED) is 0.594. The summed E-state index contributed by atoms with van der Waals surface area (Å²) >= 11 is 0. The van der Waals surface area contributed by atoms with Crippen LogP contribution in [0.15, 0.2) is 23.2 Å². The number of nitrogens with zero attached hydrogens (tertiary/aromatic N) is 1. The minimum absolute atomic E-state index is 0.110. The first-order chi connectivity index (χ1) is 8.29. The van der Waals surface area contributed by atoms with E-state index in [4.69, 9.17) is 4.74 Å². The largest absolute Gasteiger partial charge is 0.487 e. The van der Waals surface area contributed by atoms with Gasteiger partial charge in [0.05, 0.1) is 11.8 Å². The van der Waals surface area contributed by atoms with Crippen LogP contribution in [-0.4, -0.2) is 12.2 Å². The van der Waals surface area contributed by atoms with Crippen LogP contribution in [0, 0.1) is 5.82 Å². The molecule has 1 aromatic rings. The van der Waals surface area contributed by atoms with Crippen molar-refractivity contribution >= 4 is 11.8 Å². The summed E-state index contributed by atoms with van der Waals surface area (Å²) in [5.74, 6) is -0.242. The molecule has 0 heterocycles. The summed E-state index contributed by atoms with van der Waals surface area (Å²) in [6.45, 7) is 0. The predicted octanol–water partition coefficient (Wildman–Crippen LogP) is 3.50. The number of benzene rings is 1. The molecule has 1 aliphatic carbocycles. The Hall–Kier alpha value is -1.67. The van der Waals surface area contributed by atoms with Crippen LogP contribution in [-0.2, 0) is 4.79 Å². The zero-order chi connectivity index (χ0) is 12.1. The fourth-order valence-corrected chi connectivity index (χ4v) is 2.07. The van der Waals surface area contributed by atoms with Gasteiger partial charge in [-0.15, -0.1) is 0 Å². The molecule has 1 aromatic carbocycles. The lowest BCUT2D eigenvalue weighted by Gasteiger charge is -2.23. The van der Waals surface area contributed by atoms with Gasteiger partial charge in [-0.1, -0.05) is 6.42 Å². The van der Waals surface area contributed by atoms with Crippen molar-refractivity contribution in [2.24, 2.45) is 4.99 Å². The van der Waals surface area contributed by atoms with E-state index in [-0.39, 0.29) is 17.5 Å². The van der Waals surface area contributed by atoms with Crippen molar-refractivity contribution in [3.8, 4) is 5.75 Å². The molecule has 3 nitrogen and oxygen atoms in total.